The Bertz CT molecular complexity index is 819. The predicted octanol–water partition coefficient (Wildman–Crippen LogP) is 3.12. The van der Waals surface area contributed by atoms with E-state index in [2.05, 4.69) is 5.32 Å². The van der Waals surface area contributed by atoms with Gasteiger partial charge in [0.1, 0.15) is 5.56 Å². The van der Waals surface area contributed by atoms with Gasteiger partial charge in [-0.2, -0.15) is 0 Å². The van der Waals surface area contributed by atoms with Gasteiger partial charge in [-0.15, -0.1) is 0 Å². The average molecular weight is 328 g/mol. The summed E-state index contributed by atoms with van der Waals surface area (Å²) in [5.74, 6) is 0.789. The van der Waals surface area contributed by atoms with Crippen molar-refractivity contribution in [3.63, 3.8) is 0 Å². The molecule has 24 heavy (non-hydrogen) atoms. The summed E-state index contributed by atoms with van der Waals surface area (Å²) in [7, 11) is 0. The third kappa shape index (κ3) is 2.88. The SMILES string of the molecule is Cc1cccc(C(=O)NC(C)c2ccc3c(c2)OCO3)c1[N+](=O)[O-]. The molecule has 1 unspecified atom stereocenters. The summed E-state index contributed by atoms with van der Waals surface area (Å²) in [6, 6.07) is 9.73. The van der Waals surface area contributed by atoms with Crippen LogP contribution in [0.2, 0.25) is 0 Å². The lowest BCUT2D eigenvalue weighted by Gasteiger charge is -2.15. The number of para-hydroxylation sites is 1. The maximum Gasteiger partial charge on any atom is 0.285 e. The highest BCUT2D eigenvalue weighted by Crippen LogP contribution is 2.34. The molecule has 0 radical (unpaired) electrons. The molecule has 2 aromatic rings. The van der Waals surface area contributed by atoms with E-state index in [1.165, 1.54) is 6.07 Å². The molecule has 0 fully saturated rings. The number of nitro benzene ring substituents is 1. The molecule has 1 amide bonds. The number of nitrogens with one attached hydrogen (secondary N) is 1. The van der Waals surface area contributed by atoms with Crippen LogP contribution in [0.25, 0.3) is 0 Å². The summed E-state index contributed by atoms with van der Waals surface area (Å²) in [6.45, 7) is 3.59. The molecule has 1 N–H and O–H groups in total. The van der Waals surface area contributed by atoms with Crippen molar-refractivity contribution in [3.8, 4) is 11.5 Å². The first-order valence-electron chi connectivity index (χ1n) is 7.42. The van der Waals surface area contributed by atoms with E-state index in [9.17, 15) is 14.9 Å². The molecular formula is C17H16N2O5. The van der Waals surface area contributed by atoms with Crippen LogP contribution in [0, 0.1) is 17.0 Å². The van der Waals surface area contributed by atoms with Crippen molar-refractivity contribution in [1.29, 1.82) is 0 Å². The Kier molecular flexibility index (Phi) is 4.07. The second-order valence-corrected chi connectivity index (χ2v) is 5.54. The van der Waals surface area contributed by atoms with E-state index in [4.69, 9.17) is 9.47 Å². The molecule has 1 heterocycles. The van der Waals surface area contributed by atoms with Crippen molar-refractivity contribution in [2.24, 2.45) is 0 Å². The topological polar surface area (TPSA) is 90.7 Å². The molecule has 1 aliphatic heterocycles. The van der Waals surface area contributed by atoms with Crippen LogP contribution in [-0.2, 0) is 0 Å². The van der Waals surface area contributed by atoms with Crippen molar-refractivity contribution in [2.45, 2.75) is 19.9 Å². The number of amides is 1. The van der Waals surface area contributed by atoms with Crippen LogP contribution in [0.1, 0.15) is 34.5 Å². The summed E-state index contributed by atoms with van der Waals surface area (Å²) < 4.78 is 10.6. The maximum absolute atomic E-state index is 12.5. The third-order valence-electron chi connectivity index (χ3n) is 3.91. The molecular weight excluding hydrogens is 312 g/mol. The molecule has 0 saturated heterocycles. The number of nitrogens with zero attached hydrogens (tertiary/aromatic N) is 1. The number of rotatable bonds is 4. The number of nitro groups is 1. The smallest absolute Gasteiger partial charge is 0.285 e. The second kappa shape index (κ2) is 6.19. The first kappa shape index (κ1) is 15.8. The minimum Gasteiger partial charge on any atom is -0.454 e. The Morgan fingerprint density at radius 2 is 2.00 bits per heavy atom. The average Bonchev–Trinajstić information content (AvgIpc) is 3.01. The van der Waals surface area contributed by atoms with Gasteiger partial charge in [0, 0.05) is 5.56 Å². The predicted molar refractivity (Wildman–Crippen MR) is 86.3 cm³/mol. The second-order valence-electron chi connectivity index (χ2n) is 5.54. The van der Waals surface area contributed by atoms with Crippen LogP contribution in [0.5, 0.6) is 11.5 Å². The molecule has 0 bridgehead atoms. The quantitative estimate of drug-likeness (QED) is 0.688. The summed E-state index contributed by atoms with van der Waals surface area (Å²) in [6.07, 6.45) is 0. The van der Waals surface area contributed by atoms with Crippen molar-refractivity contribution in [1.82, 2.24) is 5.32 Å². The lowest BCUT2D eigenvalue weighted by atomic mass is 10.0. The molecule has 0 aliphatic carbocycles. The summed E-state index contributed by atoms with van der Waals surface area (Å²) in [5, 5.41) is 14.0. The van der Waals surface area contributed by atoms with Crippen LogP contribution in [0.15, 0.2) is 36.4 Å². The molecule has 0 aromatic heterocycles. The summed E-state index contributed by atoms with van der Waals surface area (Å²) in [4.78, 5) is 23.2. The van der Waals surface area contributed by atoms with E-state index in [0.717, 1.165) is 5.56 Å². The number of carbonyl (C=O) groups excluding carboxylic acids is 1. The molecule has 3 rings (SSSR count). The van der Waals surface area contributed by atoms with Crippen LogP contribution in [0.3, 0.4) is 0 Å². The lowest BCUT2D eigenvalue weighted by Crippen LogP contribution is -2.27. The maximum atomic E-state index is 12.5. The minimum absolute atomic E-state index is 0.0487. The molecule has 0 spiro atoms. The van der Waals surface area contributed by atoms with Crippen molar-refractivity contribution in [3.05, 3.63) is 63.2 Å². The van der Waals surface area contributed by atoms with Crippen LogP contribution in [-0.4, -0.2) is 17.6 Å². The standard InChI is InChI=1S/C17H16N2O5/c1-10-4-3-5-13(16(10)19(21)22)17(20)18-11(2)12-6-7-14-15(8-12)24-9-23-14/h3-8,11H,9H2,1-2H3,(H,18,20). The van der Waals surface area contributed by atoms with Crippen LogP contribution < -0.4 is 14.8 Å². The van der Waals surface area contributed by atoms with Gasteiger partial charge in [-0.3, -0.25) is 14.9 Å². The number of hydrogen-bond donors (Lipinski definition) is 1. The fraction of sp³-hybridized carbons (Fsp3) is 0.235. The Morgan fingerprint density at radius 1 is 1.25 bits per heavy atom. The van der Waals surface area contributed by atoms with E-state index in [-0.39, 0.29) is 24.1 Å². The van der Waals surface area contributed by atoms with Gasteiger partial charge in [0.25, 0.3) is 11.6 Å². The van der Waals surface area contributed by atoms with E-state index < -0.39 is 10.8 Å². The van der Waals surface area contributed by atoms with Crippen LogP contribution in [0.4, 0.5) is 5.69 Å². The van der Waals surface area contributed by atoms with Crippen molar-refractivity contribution < 1.29 is 19.2 Å². The number of hydrogen-bond acceptors (Lipinski definition) is 5. The van der Waals surface area contributed by atoms with E-state index in [0.29, 0.717) is 17.1 Å². The van der Waals surface area contributed by atoms with Gasteiger partial charge in [-0.25, -0.2) is 0 Å². The lowest BCUT2D eigenvalue weighted by molar-refractivity contribution is -0.385. The van der Waals surface area contributed by atoms with Crippen molar-refractivity contribution in [2.75, 3.05) is 6.79 Å². The zero-order valence-electron chi connectivity index (χ0n) is 13.2. The van der Waals surface area contributed by atoms with Gasteiger partial charge >= 0.3 is 0 Å². The normalized spacial score (nSPS) is 13.4. The van der Waals surface area contributed by atoms with Crippen molar-refractivity contribution >= 4 is 11.6 Å². The number of aryl methyl sites for hydroxylation is 1. The van der Waals surface area contributed by atoms with Gasteiger partial charge in [-0.05, 0) is 37.6 Å². The summed E-state index contributed by atoms with van der Waals surface area (Å²) >= 11 is 0. The van der Waals surface area contributed by atoms with E-state index in [1.807, 2.05) is 6.07 Å². The van der Waals surface area contributed by atoms with Gasteiger partial charge in [0.05, 0.1) is 11.0 Å². The van der Waals surface area contributed by atoms with Gasteiger partial charge in [0.15, 0.2) is 11.5 Å². The van der Waals surface area contributed by atoms with Gasteiger partial charge < -0.3 is 14.8 Å². The summed E-state index contributed by atoms with van der Waals surface area (Å²) in [5.41, 5.74) is 1.15. The molecule has 1 aliphatic rings. The highest BCUT2D eigenvalue weighted by atomic mass is 16.7. The zero-order valence-corrected chi connectivity index (χ0v) is 13.2. The zero-order chi connectivity index (χ0) is 17.3. The largest absolute Gasteiger partial charge is 0.454 e. The first-order chi connectivity index (χ1) is 11.5. The molecule has 7 heteroatoms. The first-order valence-corrected chi connectivity index (χ1v) is 7.42. The molecule has 7 nitrogen and oxygen atoms in total. The van der Waals surface area contributed by atoms with Crippen LogP contribution >= 0.6 is 0 Å². The molecule has 1 atom stereocenters. The molecule has 0 saturated carbocycles. The Hall–Kier alpha value is -3.09. The Balaban J connectivity index is 1.82. The third-order valence-corrected chi connectivity index (χ3v) is 3.91. The van der Waals surface area contributed by atoms with Gasteiger partial charge in [0.2, 0.25) is 6.79 Å². The Morgan fingerprint density at radius 3 is 2.75 bits per heavy atom. The minimum atomic E-state index is -0.532. The number of ether oxygens (including phenoxy) is 2. The highest BCUT2D eigenvalue weighted by Gasteiger charge is 2.24. The van der Waals surface area contributed by atoms with Gasteiger partial charge in [-0.1, -0.05) is 18.2 Å². The monoisotopic (exact) mass is 328 g/mol. The Labute approximate surface area is 138 Å². The fourth-order valence-corrected chi connectivity index (χ4v) is 2.62. The fourth-order valence-electron chi connectivity index (χ4n) is 2.62. The van der Waals surface area contributed by atoms with E-state index in [1.54, 1.807) is 38.1 Å². The number of benzene rings is 2. The van der Waals surface area contributed by atoms with E-state index >= 15 is 0 Å². The molecule has 124 valence electrons. The highest BCUT2D eigenvalue weighted by molar-refractivity contribution is 5.98. The number of carbonyl (C=O) groups is 1. The number of fused-ring (bicyclic) bond motifs is 1. The molecule has 2 aromatic carbocycles.